The van der Waals surface area contributed by atoms with Crippen molar-refractivity contribution in [3.63, 3.8) is 0 Å². The van der Waals surface area contributed by atoms with Crippen LogP contribution in [0.1, 0.15) is 1.43 Å². The quantitative estimate of drug-likeness (QED) is 0.185. The molecule has 0 radical (unpaired) electrons. The van der Waals surface area contributed by atoms with Crippen LogP contribution in [0.2, 0.25) is 0 Å². The standard InChI is InChI=1S/CH2OS.Li.H/c2-1-3;;/h1H,(H,2,3);;/q;+1;-1. The summed E-state index contributed by atoms with van der Waals surface area (Å²) >= 11 is 3.11. The van der Waals surface area contributed by atoms with Gasteiger partial charge in [0.05, 0.1) is 0 Å². The molecule has 0 aliphatic heterocycles. The van der Waals surface area contributed by atoms with Gasteiger partial charge in [0, 0.05) is 0 Å². The van der Waals surface area contributed by atoms with E-state index in [1.54, 1.807) is 0 Å². The minimum atomic E-state index is 0. The number of carbonyl (C=O) groups excluding carboxylic acids is 1. The van der Waals surface area contributed by atoms with Gasteiger partial charge in [-0.1, -0.05) is 0 Å². The van der Waals surface area contributed by atoms with Crippen LogP contribution < -0.4 is 18.9 Å². The van der Waals surface area contributed by atoms with Gasteiger partial charge in [-0.15, -0.1) is 12.6 Å². The van der Waals surface area contributed by atoms with E-state index in [1.807, 2.05) is 0 Å². The maximum absolute atomic E-state index is 8.67. The maximum atomic E-state index is 8.67. The largest absolute Gasteiger partial charge is 1.00 e. The zero-order chi connectivity index (χ0) is 2.71. The molecule has 0 aliphatic rings. The summed E-state index contributed by atoms with van der Waals surface area (Å²) < 4.78 is 0. The summed E-state index contributed by atoms with van der Waals surface area (Å²) in [6.45, 7) is 0. The van der Waals surface area contributed by atoms with Gasteiger partial charge in [-0.3, -0.25) is 4.79 Å². The van der Waals surface area contributed by atoms with Gasteiger partial charge in [-0.05, 0) is 0 Å². The minimum absolute atomic E-state index is 0. The van der Waals surface area contributed by atoms with Crippen molar-refractivity contribution in [1.29, 1.82) is 0 Å². The zero-order valence-electron chi connectivity index (χ0n) is 3.43. The Labute approximate surface area is 43.8 Å². The molecular formula is CH3LiOS. The van der Waals surface area contributed by atoms with E-state index in [-0.39, 0.29) is 20.3 Å². The number of hydrogen-bond donors (Lipinski definition) is 1. The van der Waals surface area contributed by atoms with E-state index in [1.165, 1.54) is 0 Å². The van der Waals surface area contributed by atoms with Crippen LogP contribution in [-0.2, 0) is 4.79 Å². The second kappa shape index (κ2) is 9.47. The van der Waals surface area contributed by atoms with Crippen LogP contribution in [0.4, 0.5) is 0 Å². The molecule has 0 amide bonds. The Hall–Kier alpha value is 0.617. The van der Waals surface area contributed by atoms with Crippen molar-refractivity contribution in [2.24, 2.45) is 0 Å². The Balaban J connectivity index is -0.0000000200. The average molecular weight is 70.0 g/mol. The van der Waals surface area contributed by atoms with E-state index < -0.39 is 0 Å². The van der Waals surface area contributed by atoms with E-state index in [0.29, 0.717) is 5.62 Å². The second-order valence-electron chi connectivity index (χ2n) is 0.105. The molecule has 0 aromatic rings. The summed E-state index contributed by atoms with van der Waals surface area (Å²) in [5.74, 6) is 0. The predicted octanol–water partition coefficient (Wildman–Crippen LogP) is -2.78. The maximum Gasteiger partial charge on any atom is 1.00 e. The Morgan fingerprint density at radius 3 is 2.00 bits per heavy atom. The van der Waals surface area contributed by atoms with Gasteiger partial charge in [0.1, 0.15) is 0 Å². The summed E-state index contributed by atoms with van der Waals surface area (Å²) in [4.78, 5) is 8.67. The normalized spacial score (nSPS) is 3.25. The van der Waals surface area contributed by atoms with Crippen molar-refractivity contribution in [2.45, 2.75) is 0 Å². The molecule has 3 heteroatoms. The molecule has 0 bridgehead atoms. The Kier molecular flexibility index (Phi) is 20.9. The third-order valence-corrected chi connectivity index (χ3v) is 0. The van der Waals surface area contributed by atoms with Gasteiger partial charge < -0.3 is 1.43 Å². The Morgan fingerprint density at radius 1 is 2.00 bits per heavy atom. The summed E-state index contributed by atoms with van der Waals surface area (Å²) in [5, 5.41) is 0. The van der Waals surface area contributed by atoms with Crippen LogP contribution in [-0.4, -0.2) is 5.62 Å². The number of thiol groups is 1. The molecule has 20 valence electrons. The van der Waals surface area contributed by atoms with Gasteiger partial charge in [-0.25, -0.2) is 0 Å². The second-order valence-corrected chi connectivity index (χ2v) is 0.316. The predicted molar refractivity (Wildman–Crippen MR) is 16.8 cm³/mol. The van der Waals surface area contributed by atoms with Gasteiger partial charge >= 0.3 is 18.9 Å². The molecule has 0 N–H and O–H groups in total. The molecule has 0 aliphatic carbocycles. The summed E-state index contributed by atoms with van der Waals surface area (Å²) in [6, 6.07) is 0. The van der Waals surface area contributed by atoms with E-state index in [9.17, 15) is 0 Å². The van der Waals surface area contributed by atoms with Crippen molar-refractivity contribution in [3.05, 3.63) is 0 Å². The first-order chi connectivity index (χ1) is 1.41. The fraction of sp³-hybridized carbons (Fsp3) is 0. The number of rotatable bonds is 0. The first-order valence-electron chi connectivity index (χ1n) is 0.494. The van der Waals surface area contributed by atoms with E-state index in [0.717, 1.165) is 0 Å². The third-order valence-electron chi connectivity index (χ3n) is 0. The SMILES string of the molecule is O=CS.[H-].[Li+]. The molecule has 0 spiro atoms. The van der Waals surface area contributed by atoms with E-state index >= 15 is 0 Å². The summed E-state index contributed by atoms with van der Waals surface area (Å²) in [7, 11) is 0. The molecular weight excluding hydrogens is 67.0 g/mol. The van der Waals surface area contributed by atoms with Crippen LogP contribution in [0.5, 0.6) is 0 Å². The van der Waals surface area contributed by atoms with E-state index in [4.69, 9.17) is 4.79 Å². The molecule has 4 heavy (non-hydrogen) atoms. The van der Waals surface area contributed by atoms with Crippen molar-refractivity contribution in [1.82, 2.24) is 0 Å². The minimum Gasteiger partial charge on any atom is -1.00 e. The summed E-state index contributed by atoms with van der Waals surface area (Å²) in [5.41, 5.74) is 0.444. The van der Waals surface area contributed by atoms with Crippen molar-refractivity contribution < 1.29 is 25.1 Å². The zero-order valence-corrected chi connectivity index (χ0v) is 3.33. The third kappa shape index (κ3) is 18.0. The fourth-order valence-corrected chi connectivity index (χ4v) is 0. The Bertz CT molecular complexity index is 19.1. The van der Waals surface area contributed by atoms with Crippen LogP contribution in [0.15, 0.2) is 0 Å². The van der Waals surface area contributed by atoms with E-state index in [2.05, 4.69) is 12.6 Å². The molecule has 0 unspecified atom stereocenters. The molecule has 0 aromatic heterocycles. The Morgan fingerprint density at radius 2 is 2.00 bits per heavy atom. The first kappa shape index (κ1) is 8.82. The van der Waals surface area contributed by atoms with Crippen LogP contribution in [0, 0.1) is 0 Å². The number of carbonyl (C=O) groups is 1. The van der Waals surface area contributed by atoms with Crippen molar-refractivity contribution in [2.75, 3.05) is 0 Å². The van der Waals surface area contributed by atoms with Crippen LogP contribution in [0.3, 0.4) is 0 Å². The topological polar surface area (TPSA) is 17.1 Å². The van der Waals surface area contributed by atoms with Crippen molar-refractivity contribution in [3.8, 4) is 0 Å². The molecule has 0 aromatic carbocycles. The molecule has 0 rings (SSSR count). The van der Waals surface area contributed by atoms with Crippen molar-refractivity contribution >= 4 is 18.2 Å². The van der Waals surface area contributed by atoms with Crippen LogP contribution >= 0.6 is 12.6 Å². The average Bonchev–Trinajstić information content (AvgIpc) is 0.918. The number of hydrogen-bond acceptors (Lipinski definition) is 1. The molecule has 0 atom stereocenters. The van der Waals surface area contributed by atoms with Gasteiger partial charge in [0.25, 0.3) is 0 Å². The molecule has 1 nitrogen and oxygen atoms in total. The monoisotopic (exact) mass is 70.0 g/mol. The molecule has 0 fully saturated rings. The molecule has 0 heterocycles. The summed E-state index contributed by atoms with van der Waals surface area (Å²) in [6.07, 6.45) is 0. The fourth-order valence-electron chi connectivity index (χ4n) is 0. The first-order valence-corrected chi connectivity index (χ1v) is 1.01. The smallest absolute Gasteiger partial charge is 1.00 e. The van der Waals surface area contributed by atoms with Gasteiger partial charge in [0.2, 0.25) is 0 Å². The van der Waals surface area contributed by atoms with Crippen LogP contribution in [0.25, 0.3) is 0 Å². The van der Waals surface area contributed by atoms with Gasteiger partial charge in [0.15, 0.2) is 5.62 Å². The molecule has 0 saturated heterocycles. The van der Waals surface area contributed by atoms with Gasteiger partial charge in [-0.2, -0.15) is 0 Å². The molecule has 0 saturated carbocycles.